The number of hydrogen-bond donors (Lipinski definition) is 2. The fraction of sp³-hybridized carbons (Fsp3) is 0.875. The summed E-state index contributed by atoms with van der Waals surface area (Å²) in [5.41, 5.74) is 0. The van der Waals surface area contributed by atoms with Crippen LogP contribution in [0.5, 0.6) is 0 Å². The smallest absolute Gasteiger partial charge is 0.303 e. The maximum Gasteiger partial charge on any atom is 0.303 e. The van der Waals surface area contributed by atoms with Crippen molar-refractivity contribution in [2.45, 2.75) is 25.7 Å². The zero-order chi connectivity index (χ0) is 8.27. The number of aliphatic carboxylic acids is 1. The van der Waals surface area contributed by atoms with Crippen LogP contribution in [0.3, 0.4) is 0 Å². The second kappa shape index (κ2) is 3.72. The van der Waals surface area contributed by atoms with E-state index in [1.54, 1.807) is 0 Å². The monoisotopic (exact) mass is 158 g/mol. The molecule has 1 aliphatic rings. The van der Waals surface area contributed by atoms with E-state index in [1.165, 1.54) is 0 Å². The molecule has 0 aromatic carbocycles. The van der Waals surface area contributed by atoms with Gasteiger partial charge in [-0.1, -0.05) is 0 Å². The normalized spacial score (nSPS) is 29.5. The molecule has 0 aromatic heterocycles. The van der Waals surface area contributed by atoms with E-state index >= 15 is 0 Å². The lowest BCUT2D eigenvalue weighted by molar-refractivity contribution is -0.137. The van der Waals surface area contributed by atoms with Gasteiger partial charge in [0, 0.05) is 13.0 Å². The lowest BCUT2D eigenvalue weighted by atomic mass is 9.73. The van der Waals surface area contributed by atoms with Gasteiger partial charge in [0.15, 0.2) is 0 Å². The molecule has 3 nitrogen and oxygen atoms in total. The molecule has 0 amide bonds. The minimum absolute atomic E-state index is 0.267. The summed E-state index contributed by atoms with van der Waals surface area (Å²) in [5.74, 6) is 0.300. The fourth-order valence-electron chi connectivity index (χ4n) is 1.59. The maximum absolute atomic E-state index is 10.1. The average molecular weight is 158 g/mol. The Morgan fingerprint density at radius 1 is 1.36 bits per heavy atom. The van der Waals surface area contributed by atoms with Gasteiger partial charge in [-0.2, -0.15) is 0 Å². The average Bonchev–Trinajstić information content (AvgIpc) is 1.84. The predicted molar refractivity (Wildman–Crippen MR) is 40.2 cm³/mol. The van der Waals surface area contributed by atoms with E-state index in [0.717, 1.165) is 19.3 Å². The zero-order valence-electron chi connectivity index (χ0n) is 6.49. The highest BCUT2D eigenvalue weighted by molar-refractivity contribution is 5.66. The molecule has 0 saturated heterocycles. The van der Waals surface area contributed by atoms with Gasteiger partial charge in [0.2, 0.25) is 0 Å². The van der Waals surface area contributed by atoms with E-state index in [4.69, 9.17) is 10.2 Å². The Bertz CT molecular complexity index is 138. The van der Waals surface area contributed by atoms with Crippen LogP contribution in [-0.4, -0.2) is 22.8 Å². The van der Waals surface area contributed by atoms with Crippen LogP contribution >= 0.6 is 0 Å². The molecule has 2 N–H and O–H groups in total. The third kappa shape index (κ3) is 2.50. The molecule has 1 fully saturated rings. The molecule has 0 bridgehead atoms. The quantitative estimate of drug-likeness (QED) is 0.638. The van der Waals surface area contributed by atoms with Gasteiger partial charge in [-0.05, 0) is 31.1 Å². The van der Waals surface area contributed by atoms with Crippen LogP contribution in [0.1, 0.15) is 25.7 Å². The van der Waals surface area contributed by atoms with Crippen LogP contribution in [-0.2, 0) is 4.79 Å². The largest absolute Gasteiger partial charge is 0.481 e. The van der Waals surface area contributed by atoms with Crippen molar-refractivity contribution in [1.82, 2.24) is 0 Å². The highest BCUT2D eigenvalue weighted by Crippen LogP contribution is 2.36. The van der Waals surface area contributed by atoms with Gasteiger partial charge in [-0.25, -0.2) is 0 Å². The van der Waals surface area contributed by atoms with Crippen molar-refractivity contribution < 1.29 is 15.0 Å². The lowest BCUT2D eigenvalue weighted by Crippen LogP contribution is -2.26. The number of carboxylic acids is 1. The summed E-state index contributed by atoms with van der Waals surface area (Å²) in [6.45, 7) is 0.267. The second-order valence-corrected chi connectivity index (χ2v) is 3.32. The van der Waals surface area contributed by atoms with E-state index in [2.05, 4.69) is 0 Å². The van der Waals surface area contributed by atoms with Crippen molar-refractivity contribution in [2.24, 2.45) is 11.8 Å². The van der Waals surface area contributed by atoms with Gasteiger partial charge in [0.1, 0.15) is 0 Å². The number of carbonyl (C=O) groups is 1. The highest BCUT2D eigenvalue weighted by Gasteiger charge is 2.28. The van der Waals surface area contributed by atoms with E-state index in [-0.39, 0.29) is 13.0 Å². The molecule has 0 unspecified atom stereocenters. The van der Waals surface area contributed by atoms with E-state index in [9.17, 15) is 4.79 Å². The van der Waals surface area contributed by atoms with Crippen LogP contribution in [0, 0.1) is 11.8 Å². The summed E-state index contributed by atoms with van der Waals surface area (Å²) in [6.07, 6.45) is 3.10. The Morgan fingerprint density at radius 2 is 2.00 bits per heavy atom. The van der Waals surface area contributed by atoms with Crippen molar-refractivity contribution in [3.05, 3.63) is 0 Å². The maximum atomic E-state index is 10.1. The molecule has 0 aromatic rings. The molecule has 1 aliphatic carbocycles. The van der Waals surface area contributed by atoms with Gasteiger partial charge in [0.05, 0.1) is 0 Å². The highest BCUT2D eigenvalue weighted by atomic mass is 16.4. The first-order valence-corrected chi connectivity index (χ1v) is 4.05. The third-order valence-electron chi connectivity index (χ3n) is 2.36. The molecule has 1 rings (SSSR count). The minimum atomic E-state index is -0.711. The topological polar surface area (TPSA) is 57.5 Å². The number of carboxylic acid groups (broad SMARTS) is 1. The number of aliphatic hydroxyl groups is 1. The molecular weight excluding hydrogens is 144 g/mol. The van der Waals surface area contributed by atoms with Gasteiger partial charge in [-0.15, -0.1) is 0 Å². The van der Waals surface area contributed by atoms with Crippen LogP contribution in [0.25, 0.3) is 0 Å². The Morgan fingerprint density at radius 3 is 2.45 bits per heavy atom. The summed E-state index contributed by atoms with van der Waals surface area (Å²) in [4.78, 5) is 10.1. The first-order chi connectivity index (χ1) is 5.22. The molecular formula is C8H14O3. The van der Waals surface area contributed by atoms with Gasteiger partial charge in [0.25, 0.3) is 0 Å². The molecule has 3 heteroatoms. The lowest BCUT2D eigenvalue weighted by Gasteiger charge is -2.33. The Labute approximate surface area is 66.0 Å². The third-order valence-corrected chi connectivity index (χ3v) is 2.36. The number of aliphatic hydroxyl groups excluding tert-OH is 1. The molecule has 0 aliphatic heterocycles. The van der Waals surface area contributed by atoms with Crippen molar-refractivity contribution in [3.63, 3.8) is 0 Å². The van der Waals surface area contributed by atoms with Crippen LogP contribution in [0.2, 0.25) is 0 Å². The summed E-state index contributed by atoms with van der Waals surface area (Å²) < 4.78 is 0. The fourth-order valence-corrected chi connectivity index (χ4v) is 1.59. The van der Waals surface area contributed by atoms with Crippen LogP contribution in [0.4, 0.5) is 0 Å². The molecule has 0 radical (unpaired) electrons. The van der Waals surface area contributed by atoms with Crippen molar-refractivity contribution in [2.75, 3.05) is 6.61 Å². The summed E-state index contributed by atoms with van der Waals surface area (Å²) in [6, 6.07) is 0. The Kier molecular flexibility index (Phi) is 2.88. The second-order valence-electron chi connectivity index (χ2n) is 3.32. The molecule has 0 spiro atoms. The molecule has 0 heterocycles. The van der Waals surface area contributed by atoms with Gasteiger partial charge < -0.3 is 10.2 Å². The van der Waals surface area contributed by atoms with Crippen LogP contribution in [0.15, 0.2) is 0 Å². The van der Waals surface area contributed by atoms with Gasteiger partial charge >= 0.3 is 5.97 Å². The standard InChI is InChI=1S/C8H14O3/c9-5-7-3-6(4-7)1-2-8(10)11/h6-7,9H,1-5H2,(H,10,11). The molecule has 64 valence electrons. The van der Waals surface area contributed by atoms with Crippen molar-refractivity contribution in [1.29, 1.82) is 0 Å². The van der Waals surface area contributed by atoms with E-state index in [0.29, 0.717) is 11.8 Å². The Balaban J connectivity index is 2.00. The Hall–Kier alpha value is -0.570. The number of hydrogen-bond acceptors (Lipinski definition) is 2. The van der Waals surface area contributed by atoms with E-state index < -0.39 is 5.97 Å². The first kappa shape index (κ1) is 8.53. The summed E-state index contributed by atoms with van der Waals surface area (Å²) >= 11 is 0. The zero-order valence-corrected chi connectivity index (χ0v) is 6.49. The number of rotatable bonds is 4. The summed E-state index contributed by atoms with van der Waals surface area (Å²) in [5, 5.41) is 17.0. The van der Waals surface area contributed by atoms with Gasteiger partial charge in [-0.3, -0.25) is 4.79 Å². The molecule has 11 heavy (non-hydrogen) atoms. The van der Waals surface area contributed by atoms with Crippen LogP contribution < -0.4 is 0 Å². The first-order valence-electron chi connectivity index (χ1n) is 4.05. The predicted octanol–water partition coefficient (Wildman–Crippen LogP) is 0.870. The molecule has 1 saturated carbocycles. The molecule has 0 atom stereocenters. The minimum Gasteiger partial charge on any atom is -0.481 e. The van der Waals surface area contributed by atoms with Crippen molar-refractivity contribution in [3.8, 4) is 0 Å². The van der Waals surface area contributed by atoms with Crippen molar-refractivity contribution >= 4 is 5.97 Å². The SMILES string of the molecule is O=C(O)CCC1CC(CO)C1. The van der Waals surface area contributed by atoms with E-state index in [1.807, 2.05) is 0 Å². The summed E-state index contributed by atoms with van der Waals surface area (Å²) in [7, 11) is 0.